The second-order valence-corrected chi connectivity index (χ2v) is 4.45. The van der Waals surface area contributed by atoms with E-state index in [1.807, 2.05) is 0 Å². The Morgan fingerprint density at radius 2 is 1.89 bits per heavy atom. The lowest BCUT2D eigenvalue weighted by Gasteiger charge is -2.20. The van der Waals surface area contributed by atoms with Gasteiger partial charge in [-0.1, -0.05) is 25.1 Å². The Bertz CT molecular complexity index is 446. The topological polar surface area (TPSA) is 55.1 Å². The number of nitrogens with two attached hydrogens (primary N) is 1. The van der Waals surface area contributed by atoms with Gasteiger partial charge >= 0.3 is 6.18 Å². The molecule has 2 atom stereocenters. The van der Waals surface area contributed by atoms with Gasteiger partial charge in [0, 0.05) is 12.5 Å². The standard InChI is InChI=1S/C13H17F3N2O/c1-8(7-17)12(19)18-9(2)10-5-3-4-6-11(10)13(14,15)16/h3-6,8-9H,7,17H2,1-2H3,(H,18,19). The van der Waals surface area contributed by atoms with E-state index >= 15 is 0 Å². The van der Waals surface area contributed by atoms with E-state index in [2.05, 4.69) is 5.32 Å². The first-order chi connectivity index (χ1) is 8.77. The van der Waals surface area contributed by atoms with Crippen LogP contribution in [0.1, 0.15) is 31.0 Å². The maximum Gasteiger partial charge on any atom is 0.416 e. The Kier molecular flexibility index (Phi) is 4.94. The maximum atomic E-state index is 12.8. The van der Waals surface area contributed by atoms with Crippen LogP contribution in [0.4, 0.5) is 13.2 Å². The molecule has 19 heavy (non-hydrogen) atoms. The number of nitrogens with one attached hydrogen (secondary N) is 1. The first-order valence-electron chi connectivity index (χ1n) is 5.94. The summed E-state index contributed by atoms with van der Waals surface area (Å²) in [5, 5.41) is 2.54. The van der Waals surface area contributed by atoms with Gasteiger partial charge in [0.25, 0.3) is 0 Å². The molecule has 0 aromatic heterocycles. The fourth-order valence-electron chi connectivity index (χ4n) is 1.67. The average Bonchev–Trinajstić information content (AvgIpc) is 2.36. The van der Waals surface area contributed by atoms with Crippen LogP contribution in [-0.2, 0) is 11.0 Å². The van der Waals surface area contributed by atoms with E-state index in [4.69, 9.17) is 5.73 Å². The second kappa shape index (κ2) is 6.06. The summed E-state index contributed by atoms with van der Waals surface area (Å²) in [4.78, 5) is 11.6. The van der Waals surface area contributed by atoms with Crippen LogP contribution >= 0.6 is 0 Å². The SMILES string of the molecule is CC(CN)C(=O)NC(C)c1ccccc1C(F)(F)F. The molecule has 0 fully saturated rings. The van der Waals surface area contributed by atoms with Crippen LogP contribution in [0.2, 0.25) is 0 Å². The van der Waals surface area contributed by atoms with Gasteiger partial charge in [0.05, 0.1) is 11.6 Å². The van der Waals surface area contributed by atoms with Crippen molar-refractivity contribution in [1.29, 1.82) is 0 Å². The predicted molar refractivity (Wildman–Crippen MR) is 66.2 cm³/mol. The second-order valence-electron chi connectivity index (χ2n) is 4.45. The highest BCUT2D eigenvalue weighted by Gasteiger charge is 2.34. The van der Waals surface area contributed by atoms with E-state index in [1.165, 1.54) is 25.1 Å². The van der Waals surface area contributed by atoms with Crippen LogP contribution in [0.3, 0.4) is 0 Å². The van der Waals surface area contributed by atoms with Crippen molar-refractivity contribution in [3.63, 3.8) is 0 Å². The Morgan fingerprint density at radius 3 is 2.42 bits per heavy atom. The molecular weight excluding hydrogens is 257 g/mol. The number of carbonyl (C=O) groups is 1. The van der Waals surface area contributed by atoms with Crippen LogP contribution in [0, 0.1) is 5.92 Å². The van der Waals surface area contributed by atoms with E-state index in [0.29, 0.717) is 0 Å². The molecule has 0 saturated carbocycles. The number of hydrogen-bond donors (Lipinski definition) is 2. The summed E-state index contributed by atoms with van der Waals surface area (Å²) in [5.74, 6) is -0.785. The van der Waals surface area contributed by atoms with Gasteiger partial charge in [0.15, 0.2) is 0 Å². The molecule has 0 saturated heterocycles. The van der Waals surface area contributed by atoms with E-state index in [-0.39, 0.29) is 18.0 Å². The van der Waals surface area contributed by atoms with Crippen LogP contribution in [-0.4, -0.2) is 12.5 Å². The summed E-state index contributed by atoms with van der Waals surface area (Å²) >= 11 is 0. The molecule has 1 aromatic carbocycles. The number of benzene rings is 1. The third-order valence-corrected chi connectivity index (χ3v) is 2.89. The average molecular weight is 274 g/mol. The quantitative estimate of drug-likeness (QED) is 0.886. The third kappa shape index (κ3) is 3.96. The summed E-state index contributed by atoms with van der Waals surface area (Å²) in [6.07, 6.45) is -4.44. The first-order valence-corrected chi connectivity index (χ1v) is 5.94. The summed E-state index contributed by atoms with van der Waals surface area (Å²) in [6.45, 7) is 3.29. The van der Waals surface area contributed by atoms with E-state index < -0.39 is 23.7 Å². The summed E-state index contributed by atoms with van der Waals surface area (Å²) in [7, 11) is 0. The minimum Gasteiger partial charge on any atom is -0.349 e. The van der Waals surface area contributed by atoms with Gasteiger partial charge in [-0.3, -0.25) is 4.79 Å². The molecule has 106 valence electrons. The largest absolute Gasteiger partial charge is 0.416 e. The lowest BCUT2D eigenvalue weighted by atomic mass is 10.0. The summed E-state index contributed by atoms with van der Waals surface area (Å²) in [5.41, 5.74) is 4.66. The molecule has 0 aliphatic rings. The minimum atomic E-state index is -4.44. The molecule has 0 heterocycles. The fraction of sp³-hybridized carbons (Fsp3) is 0.462. The zero-order valence-corrected chi connectivity index (χ0v) is 10.8. The van der Waals surface area contributed by atoms with E-state index in [9.17, 15) is 18.0 Å². The number of carbonyl (C=O) groups excluding carboxylic acids is 1. The van der Waals surface area contributed by atoms with Gasteiger partial charge in [-0.25, -0.2) is 0 Å². The molecular formula is C13H17F3N2O. The first kappa shape index (κ1) is 15.5. The molecule has 0 bridgehead atoms. The normalized spacial score (nSPS) is 14.8. The van der Waals surface area contributed by atoms with Crippen molar-refractivity contribution < 1.29 is 18.0 Å². The van der Waals surface area contributed by atoms with Crippen LogP contribution in [0.25, 0.3) is 0 Å². The molecule has 0 aliphatic heterocycles. The Labute approximate surface area is 110 Å². The highest BCUT2D eigenvalue weighted by Crippen LogP contribution is 2.34. The Hall–Kier alpha value is -1.56. The lowest BCUT2D eigenvalue weighted by Crippen LogP contribution is -2.35. The van der Waals surface area contributed by atoms with Crippen LogP contribution in [0.5, 0.6) is 0 Å². The molecule has 2 unspecified atom stereocenters. The number of amides is 1. The van der Waals surface area contributed by atoms with Crippen molar-refractivity contribution in [1.82, 2.24) is 5.32 Å². The van der Waals surface area contributed by atoms with Crippen molar-refractivity contribution in [2.24, 2.45) is 11.7 Å². The molecule has 1 aromatic rings. The van der Waals surface area contributed by atoms with Gasteiger partial charge in [-0.05, 0) is 18.6 Å². The molecule has 6 heteroatoms. The van der Waals surface area contributed by atoms with Crippen LogP contribution < -0.4 is 11.1 Å². The molecule has 3 nitrogen and oxygen atoms in total. The monoisotopic (exact) mass is 274 g/mol. The van der Waals surface area contributed by atoms with Gasteiger partial charge in [-0.2, -0.15) is 13.2 Å². The number of halogens is 3. The zero-order chi connectivity index (χ0) is 14.6. The smallest absolute Gasteiger partial charge is 0.349 e. The zero-order valence-electron chi connectivity index (χ0n) is 10.8. The number of alkyl halides is 3. The summed E-state index contributed by atoms with van der Waals surface area (Å²) in [6, 6.07) is 4.48. The maximum absolute atomic E-state index is 12.8. The molecule has 3 N–H and O–H groups in total. The molecule has 1 rings (SSSR count). The predicted octanol–water partition coefficient (Wildman–Crippen LogP) is 2.48. The minimum absolute atomic E-state index is 0.0487. The highest BCUT2D eigenvalue weighted by atomic mass is 19.4. The lowest BCUT2D eigenvalue weighted by molar-refractivity contribution is -0.138. The highest BCUT2D eigenvalue weighted by molar-refractivity contribution is 5.79. The van der Waals surface area contributed by atoms with Crippen molar-refractivity contribution in [3.8, 4) is 0 Å². The van der Waals surface area contributed by atoms with E-state index in [1.54, 1.807) is 6.92 Å². The summed E-state index contributed by atoms with van der Waals surface area (Å²) < 4.78 is 38.5. The number of hydrogen-bond acceptors (Lipinski definition) is 2. The van der Waals surface area contributed by atoms with Crippen molar-refractivity contribution in [3.05, 3.63) is 35.4 Å². The van der Waals surface area contributed by atoms with Crippen molar-refractivity contribution >= 4 is 5.91 Å². The molecule has 0 aliphatic carbocycles. The fourth-order valence-corrected chi connectivity index (χ4v) is 1.67. The van der Waals surface area contributed by atoms with Gasteiger partial charge in [0.1, 0.15) is 0 Å². The molecule has 0 radical (unpaired) electrons. The van der Waals surface area contributed by atoms with Crippen molar-refractivity contribution in [2.75, 3.05) is 6.54 Å². The Morgan fingerprint density at radius 1 is 1.32 bits per heavy atom. The van der Waals surface area contributed by atoms with Gasteiger partial charge < -0.3 is 11.1 Å². The van der Waals surface area contributed by atoms with E-state index in [0.717, 1.165) is 6.07 Å². The van der Waals surface area contributed by atoms with Gasteiger partial charge in [0.2, 0.25) is 5.91 Å². The third-order valence-electron chi connectivity index (χ3n) is 2.89. The Balaban J connectivity index is 2.95. The number of rotatable bonds is 4. The molecule has 1 amide bonds. The molecule has 0 spiro atoms. The van der Waals surface area contributed by atoms with Gasteiger partial charge in [-0.15, -0.1) is 0 Å². The van der Waals surface area contributed by atoms with Crippen LogP contribution in [0.15, 0.2) is 24.3 Å². The van der Waals surface area contributed by atoms with Crippen molar-refractivity contribution in [2.45, 2.75) is 26.1 Å².